The minimum absolute atomic E-state index is 0.0259. The van der Waals surface area contributed by atoms with E-state index in [0.717, 1.165) is 35.3 Å². The van der Waals surface area contributed by atoms with Gasteiger partial charge in [0, 0.05) is 72.8 Å². The van der Waals surface area contributed by atoms with Crippen molar-refractivity contribution in [3.8, 4) is 45.4 Å². The fourth-order valence-corrected chi connectivity index (χ4v) is 9.17. The number of carboxylic acid groups (broad SMARTS) is 1. The summed E-state index contributed by atoms with van der Waals surface area (Å²) >= 11 is 12.6. The quantitative estimate of drug-likeness (QED) is 0.104. The molecule has 2 N–H and O–H groups in total. The summed E-state index contributed by atoms with van der Waals surface area (Å²) in [5, 5.41) is 10.3. The Morgan fingerprint density at radius 1 is 0.548 bits per heavy atom. The maximum absolute atomic E-state index is 14.2. The van der Waals surface area contributed by atoms with Crippen LogP contribution in [-0.2, 0) is 23.2 Å². The second-order valence-corrected chi connectivity index (χ2v) is 18.9. The molecule has 0 aliphatic carbocycles. The fraction of sp³-hybridized carbons (Fsp3) is 0.0714. The summed E-state index contributed by atoms with van der Waals surface area (Å²) in [6, 6.07) is 44.9. The molecule has 73 heavy (non-hydrogen) atoms. The van der Waals surface area contributed by atoms with Crippen LogP contribution in [0.15, 0.2) is 181 Å². The number of carboxylic acids is 1. The molecule has 0 fully saturated rings. The lowest BCUT2D eigenvalue weighted by Gasteiger charge is -2.17. The Balaban J connectivity index is 0.000000201. The smallest absolute Gasteiger partial charge is 0.335 e. The average Bonchev–Trinajstić information content (AvgIpc) is 3.96. The summed E-state index contributed by atoms with van der Waals surface area (Å²) in [4.78, 5) is 24.4. The lowest BCUT2D eigenvalue weighted by atomic mass is 10.1. The number of sulfonamides is 1. The normalized spacial score (nSPS) is 11.1. The van der Waals surface area contributed by atoms with Crippen LogP contribution in [0, 0.1) is 37.1 Å². The van der Waals surface area contributed by atoms with E-state index in [0.29, 0.717) is 49.7 Å². The number of aryl methyl sites for hydroxylation is 2. The molecule has 9 aromatic rings. The summed E-state index contributed by atoms with van der Waals surface area (Å²) in [5.41, 5.74) is 6.26. The molecule has 0 spiro atoms. The number of aromatic nitrogens is 2. The molecule has 0 saturated carbocycles. The van der Waals surface area contributed by atoms with Crippen molar-refractivity contribution in [1.29, 1.82) is 0 Å². The SMILES string of the molecule is Cc1ccc(-c2cc(Cl)ccc2OCc2ccc(F)cc2F)n1-c1cccc(C(=O)NS(=O)(=O)c2ccccc2)c1.Cc1ccc(-c2cc(Cl)ccc2OCc2ccc(F)cc2F)n1-c1cccc(C(=O)O)c1. The number of halogens is 6. The first-order valence-electron chi connectivity index (χ1n) is 22.1. The van der Waals surface area contributed by atoms with Crippen LogP contribution in [0.4, 0.5) is 17.6 Å². The zero-order valence-corrected chi connectivity index (χ0v) is 41.0. The molecule has 0 atom stereocenters. The van der Waals surface area contributed by atoms with Gasteiger partial charge in [-0.05, 0) is 147 Å². The molecule has 10 nitrogen and oxygen atoms in total. The molecule has 0 unspecified atom stereocenters. The standard InChI is InChI=1S/C31H23ClF2N2O4S.C25H18ClF2NO3/c1-20-10-14-29(27-17-23(32)12-15-30(27)40-19-22-11-13-24(33)18-28(22)34)36(20)25-7-5-6-21(16-25)31(37)35-41(38,39)26-8-3-2-4-9-26;1-15-5-9-23(29(15)20-4-2-3-16(11-20)25(30)31)21-12-18(26)7-10-24(21)32-14-17-6-8-19(27)13-22(17)28/h2-18H,19H2,1H3,(H,35,37);2-13H,14H2,1H3,(H,30,31). The van der Waals surface area contributed by atoms with Crippen molar-refractivity contribution in [3.05, 3.63) is 243 Å². The molecule has 17 heteroatoms. The third kappa shape index (κ3) is 12.0. The molecular formula is C56H41Cl2F4N3O7S. The van der Waals surface area contributed by atoms with Gasteiger partial charge in [-0.25, -0.2) is 35.5 Å². The van der Waals surface area contributed by atoms with Crippen molar-refractivity contribution < 1.29 is 50.1 Å². The Bertz CT molecular complexity index is 3640. The van der Waals surface area contributed by atoms with Crippen LogP contribution in [0.5, 0.6) is 11.5 Å². The van der Waals surface area contributed by atoms with Crippen LogP contribution in [0.2, 0.25) is 10.0 Å². The van der Waals surface area contributed by atoms with Crippen LogP contribution in [-0.4, -0.2) is 34.5 Å². The van der Waals surface area contributed by atoms with E-state index < -0.39 is 45.2 Å². The number of rotatable bonds is 14. The van der Waals surface area contributed by atoms with Crippen LogP contribution < -0.4 is 14.2 Å². The molecule has 0 bridgehead atoms. The third-order valence-corrected chi connectivity index (χ3v) is 13.2. The van der Waals surface area contributed by atoms with Gasteiger partial charge in [-0.1, -0.05) is 53.5 Å². The second-order valence-electron chi connectivity index (χ2n) is 16.4. The largest absolute Gasteiger partial charge is 0.488 e. The Labute approximate surface area is 427 Å². The van der Waals surface area contributed by atoms with E-state index in [1.54, 1.807) is 84.9 Å². The topological polar surface area (TPSA) is 129 Å². The van der Waals surface area contributed by atoms with Crippen molar-refractivity contribution in [2.45, 2.75) is 32.0 Å². The van der Waals surface area contributed by atoms with Gasteiger partial charge in [0.2, 0.25) is 0 Å². The fourth-order valence-electron chi connectivity index (χ4n) is 7.83. The summed E-state index contributed by atoms with van der Waals surface area (Å²) in [6.45, 7) is 3.52. The van der Waals surface area contributed by atoms with E-state index in [-0.39, 0.29) is 40.4 Å². The van der Waals surface area contributed by atoms with E-state index in [1.807, 2.05) is 53.3 Å². The number of amides is 1. The number of ether oxygens (including phenoxy) is 2. The van der Waals surface area contributed by atoms with Gasteiger partial charge in [0.15, 0.2) is 0 Å². The minimum atomic E-state index is -4.06. The highest BCUT2D eigenvalue weighted by atomic mass is 35.5. The van der Waals surface area contributed by atoms with Gasteiger partial charge in [-0.3, -0.25) is 4.79 Å². The first kappa shape index (κ1) is 51.3. The number of aromatic carboxylic acids is 1. The van der Waals surface area contributed by atoms with Crippen LogP contribution >= 0.6 is 23.2 Å². The highest BCUT2D eigenvalue weighted by molar-refractivity contribution is 7.90. The molecule has 0 radical (unpaired) electrons. The van der Waals surface area contributed by atoms with Crippen LogP contribution in [0.1, 0.15) is 43.2 Å². The third-order valence-electron chi connectivity index (χ3n) is 11.4. The molecule has 1 amide bonds. The molecule has 0 saturated heterocycles. The predicted molar refractivity (Wildman–Crippen MR) is 271 cm³/mol. The van der Waals surface area contributed by atoms with Gasteiger partial charge in [0.1, 0.15) is 48.0 Å². The molecule has 9 rings (SSSR count). The van der Waals surface area contributed by atoms with E-state index in [1.165, 1.54) is 42.5 Å². The molecule has 370 valence electrons. The minimum Gasteiger partial charge on any atom is -0.488 e. The van der Waals surface area contributed by atoms with E-state index in [9.17, 15) is 40.7 Å². The zero-order valence-electron chi connectivity index (χ0n) is 38.6. The predicted octanol–water partition coefficient (Wildman–Crippen LogP) is 13.7. The van der Waals surface area contributed by atoms with Gasteiger partial charge in [0.05, 0.1) is 21.8 Å². The number of hydrogen-bond donors (Lipinski definition) is 2. The van der Waals surface area contributed by atoms with Crippen LogP contribution in [0.3, 0.4) is 0 Å². The number of benzene rings is 7. The number of nitrogens with zero attached hydrogens (tertiary/aromatic N) is 2. The van der Waals surface area contributed by atoms with Crippen molar-refractivity contribution in [2.75, 3.05) is 0 Å². The van der Waals surface area contributed by atoms with Gasteiger partial charge in [-0.15, -0.1) is 0 Å². The van der Waals surface area contributed by atoms with Crippen LogP contribution in [0.25, 0.3) is 33.9 Å². The number of carbonyl (C=O) groups excluding carboxylic acids is 1. The van der Waals surface area contributed by atoms with Crippen molar-refractivity contribution in [2.24, 2.45) is 0 Å². The second kappa shape index (κ2) is 22.1. The Morgan fingerprint density at radius 3 is 1.48 bits per heavy atom. The zero-order chi connectivity index (χ0) is 52.0. The Morgan fingerprint density at radius 2 is 1.01 bits per heavy atom. The van der Waals surface area contributed by atoms with Crippen molar-refractivity contribution >= 4 is 45.1 Å². The van der Waals surface area contributed by atoms with Gasteiger partial charge in [-0.2, -0.15) is 0 Å². The summed E-state index contributed by atoms with van der Waals surface area (Å²) < 4.78 is 97.9. The Kier molecular flexibility index (Phi) is 15.5. The molecule has 2 aromatic heterocycles. The maximum Gasteiger partial charge on any atom is 0.335 e. The van der Waals surface area contributed by atoms with E-state index in [4.69, 9.17) is 32.7 Å². The molecule has 0 aliphatic rings. The van der Waals surface area contributed by atoms with Gasteiger partial charge >= 0.3 is 5.97 Å². The highest BCUT2D eigenvalue weighted by Gasteiger charge is 2.22. The van der Waals surface area contributed by atoms with Crippen molar-refractivity contribution in [1.82, 2.24) is 13.9 Å². The maximum atomic E-state index is 14.2. The first-order valence-corrected chi connectivity index (χ1v) is 24.4. The summed E-state index contributed by atoms with van der Waals surface area (Å²) in [6.07, 6.45) is 0. The molecule has 2 heterocycles. The summed E-state index contributed by atoms with van der Waals surface area (Å²) in [7, 11) is -4.06. The number of nitrogens with one attached hydrogen (secondary N) is 1. The van der Waals surface area contributed by atoms with Crippen molar-refractivity contribution in [3.63, 3.8) is 0 Å². The lowest BCUT2D eigenvalue weighted by molar-refractivity contribution is 0.0696. The highest BCUT2D eigenvalue weighted by Crippen LogP contribution is 2.38. The lowest BCUT2D eigenvalue weighted by Crippen LogP contribution is -2.30. The average molecular weight is 1050 g/mol. The van der Waals surface area contributed by atoms with E-state index in [2.05, 4.69) is 4.72 Å². The van der Waals surface area contributed by atoms with Gasteiger partial charge in [0.25, 0.3) is 15.9 Å². The number of hydrogen-bond acceptors (Lipinski definition) is 6. The van der Waals surface area contributed by atoms with Gasteiger partial charge < -0.3 is 23.7 Å². The monoisotopic (exact) mass is 1050 g/mol. The first-order chi connectivity index (χ1) is 34.9. The molecule has 7 aromatic carbocycles. The Hall–Kier alpha value is -8.11. The molecular weight excluding hydrogens is 1010 g/mol. The van der Waals surface area contributed by atoms with E-state index >= 15 is 0 Å². The molecule has 0 aliphatic heterocycles. The summed E-state index contributed by atoms with van der Waals surface area (Å²) in [5.74, 6) is -3.70. The number of carbonyl (C=O) groups is 2.